The summed E-state index contributed by atoms with van der Waals surface area (Å²) in [5, 5.41) is 8.95. The molecular weight excluding hydrogens is 234 g/mol. The highest BCUT2D eigenvalue weighted by Crippen LogP contribution is 2.20. The van der Waals surface area contributed by atoms with E-state index in [1.54, 1.807) is 0 Å². The number of primary amides is 1. The Hall–Kier alpha value is -1.14. The predicted octanol–water partition coefficient (Wildman–Crippen LogP) is -0.0638. The van der Waals surface area contributed by atoms with E-state index < -0.39 is 12.1 Å². The number of rotatable bonds is 6. The number of aliphatic carboxylic acids is 1. The van der Waals surface area contributed by atoms with Crippen molar-refractivity contribution in [3.8, 4) is 0 Å². The number of amides is 1. The lowest BCUT2D eigenvalue weighted by Gasteiger charge is -2.39. The maximum absolute atomic E-state index is 11.6. The molecule has 3 N–H and O–H groups in total. The molecule has 0 aromatic rings. The third-order valence-electron chi connectivity index (χ3n) is 3.64. The van der Waals surface area contributed by atoms with Crippen molar-refractivity contribution < 1.29 is 14.7 Å². The molecule has 1 aliphatic heterocycles. The minimum Gasteiger partial charge on any atom is -0.481 e. The van der Waals surface area contributed by atoms with Crippen LogP contribution >= 0.6 is 0 Å². The summed E-state index contributed by atoms with van der Waals surface area (Å²) in [6, 6.07) is 0. The largest absolute Gasteiger partial charge is 0.481 e. The molecule has 6 nitrogen and oxygen atoms in total. The maximum Gasteiger partial charge on any atom is 0.306 e. The first-order chi connectivity index (χ1) is 8.51. The highest BCUT2D eigenvalue weighted by molar-refractivity contribution is 5.79. The minimum absolute atomic E-state index is 0.286. The first kappa shape index (κ1) is 14.9. The number of carboxylic acid groups (broad SMARTS) is 1. The molecule has 1 saturated heterocycles. The summed E-state index contributed by atoms with van der Waals surface area (Å²) in [7, 11) is 0. The van der Waals surface area contributed by atoms with Crippen LogP contribution in [0.15, 0.2) is 0 Å². The molecule has 0 saturated carbocycles. The first-order valence-electron chi connectivity index (χ1n) is 6.51. The van der Waals surface area contributed by atoms with Crippen LogP contribution in [-0.2, 0) is 9.59 Å². The number of likely N-dealkylation sites (N-methyl/N-ethyl adjacent to an activating group) is 1. The number of piperidine rings is 1. The molecule has 0 aromatic carbocycles. The van der Waals surface area contributed by atoms with E-state index >= 15 is 0 Å². The highest BCUT2D eigenvalue weighted by Gasteiger charge is 2.33. The number of likely N-dealkylation sites (tertiary alicyclic amines) is 1. The number of carbonyl (C=O) groups excluding carboxylic acids is 1. The first-order valence-corrected chi connectivity index (χ1v) is 6.51. The molecule has 0 radical (unpaired) electrons. The second-order valence-corrected chi connectivity index (χ2v) is 4.65. The Morgan fingerprint density at radius 3 is 2.17 bits per heavy atom. The van der Waals surface area contributed by atoms with Gasteiger partial charge in [-0.2, -0.15) is 0 Å². The van der Waals surface area contributed by atoms with E-state index in [9.17, 15) is 9.59 Å². The lowest BCUT2D eigenvalue weighted by molar-refractivity contribution is -0.144. The van der Waals surface area contributed by atoms with Gasteiger partial charge in [-0.25, -0.2) is 0 Å². The van der Waals surface area contributed by atoms with Crippen LogP contribution in [0.1, 0.15) is 26.7 Å². The Labute approximate surface area is 108 Å². The van der Waals surface area contributed by atoms with Gasteiger partial charge >= 0.3 is 5.97 Å². The van der Waals surface area contributed by atoms with Gasteiger partial charge in [-0.3, -0.25) is 19.4 Å². The molecule has 0 aliphatic carbocycles. The van der Waals surface area contributed by atoms with Crippen LogP contribution in [0.2, 0.25) is 0 Å². The monoisotopic (exact) mass is 257 g/mol. The van der Waals surface area contributed by atoms with Gasteiger partial charge in [0, 0.05) is 13.1 Å². The Bertz CT molecular complexity index is 297. The molecule has 1 unspecified atom stereocenters. The van der Waals surface area contributed by atoms with Crippen molar-refractivity contribution in [3.63, 3.8) is 0 Å². The van der Waals surface area contributed by atoms with Gasteiger partial charge in [-0.15, -0.1) is 0 Å². The molecule has 0 spiro atoms. The summed E-state index contributed by atoms with van der Waals surface area (Å²) in [4.78, 5) is 26.5. The van der Waals surface area contributed by atoms with Crippen LogP contribution in [0.25, 0.3) is 0 Å². The van der Waals surface area contributed by atoms with Crippen molar-refractivity contribution >= 4 is 11.9 Å². The van der Waals surface area contributed by atoms with Crippen molar-refractivity contribution in [3.05, 3.63) is 0 Å². The van der Waals surface area contributed by atoms with Crippen LogP contribution in [-0.4, -0.2) is 59.1 Å². The Morgan fingerprint density at radius 1 is 1.33 bits per heavy atom. The van der Waals surface area contributed by atoms with Gasteiger partial charge in [0.05, 0.1) is 5.92 Å². The molecule has 0 aromatic heterocycles. The van der Waals surface area contributed by atoms with E-state index in [-0.39, 0.29) is 11.8 Å². The molecule has 1 heterocycles. The van der Waals surface area contributed by atoms with Gasteiger partial charge in [0.25, 0.3) is 0 Å². The molecule has 1 atom stereocenters. The van der Waals surface area contributed by atoms with Gasteiger partial charge < -0.3 is 10.8 Å². The molecular formula is C12H23N3O3. The summed E-state index contributed by atoms with van der Waals surface area (Å²) in [6.07, 6.45) is 0.760. The summed E-state index contributed by atoms with van der Waals surface area (Å²) in [6.45, 7) is 6.71. The zero-order valence-electron chi connectivity index (χ0n) is 11.1. The van der Waals surface area contributed by atoms with Crippen molar-refractivity contribution in [1.29, 1.82) is 0 Å². The molecule has 1 fully saturated rings. The molecule has 1 amide bonds. The average Bonchev–Trinajstić information content (AvgIpc) is 2.35. The van der Waals surface area contributed by atoms with E-state index in [2.05, 4.69) is 0 Å². The SMILES string of the molecule is CCN(CC)C(C(N)=O)N1CCC(C(=O)O)CC1. The summed E-state index contributed by atoms with van der Waals surface area (Å²) < 4.78 is 0. The van der Waals surface area contributed by atoms with E-state index in [1.807, 2.05) is 23.6 Å². The fraction of sp³-hybridized carbons (Fsp3) is 0.833. The lowest BCUT2D eigenvalue weighted by Crippen LogP contribution is -2.57. The number of hydrogen-bond donors (Lipinski definition) is 2. The quantitative estimate of drug-likeness (QED) is 0.696. The molecule has 6 heteroatoms. The fourth-order valence-electron chi connectivity index (χ4n) is 2.55. The molecule has 104 valence electrons. The summed E-state index contributed by atoms with van der Waals surface area (Å²) >= 11 is 0. The second-order valence-electron chi connectivity index (χ2n) is 4.65. The summed E-state index contributed by atoms with van der Waals surface area (Å²) in [5.41, 5.74) is 5.48. The van der Waals surface area contributed by atoms with Crippen LogP contribution in [0.4, 0.5) is 0 Å². The average molecular weight is 257 g/mol. The van der Waals surface area contributed by atoms with Gasteiger partial charge in [0.15, 0.2) is 0 Å². The lowest BCUT2D eigenvalue weighted by atomic mass is 9.96. The fourth-order valence-corrected chi connectivity index (χ4v) is 2.55. The van der Waals surface area contributed by atoms with Crippen molar-refractivity contribution in [1.82, 2.24) is 9.80 Å². The van der Waals surface area contributed by atoms with Gasteiger partial charge in [-0.05, 0) is 25.9 Å². The van der Waals surface area contributed by atoms with Gasteiger partial charge in [0.1, 0.15) is 6.17 Å². The summed E-state index contributed by atoms with van der Waals surface area (Å²) in [5.74, 6) is -1.38. The van der Waals surface area contributed by atoms with Crippen molar-refractivity contribution in [2.75, 3.05) is 26.2 Å². The van der Waals surface area contributed by atoms with Crippen LogP contribution < -0.4 is 5.73 Å². The topological polar surface area (TPSA) is 86.9 Å². The molecule has 18 heavy (non-hydrogen) atoms. The zero-order valence-corrected chi connectivity index (χ0v) is 11.1. The van der Waals surface area contributed by atoms with E-state index in [4.69, 9.17) is 10.8 Å². The number of hydrogen-bond acceptors (Lipinski definition) is 4. The Morgan fingerprint density at radius 2 is 1.83 bits per heavy atom. The van der Waals surface area contributed by atoms with Crippen molar-refractivity contribution in [2.45, 2.75) is 32.9 Å². The number of nitrogens with zero attached hydrogens (tertiary/aromatic N) is 2. The Balaban J connectivity index is 2.66. The maximum atomic E-state index is 11.6. The Kier molecular flexibility index (Phi) is 5.55. The minimum atomic E-state index is -0.742. The predicted molar refractivity (Wildman–Crippen MR) is 67.8 cm³/mol. The van der Waals surface area contributed by atoms with Crippen LogP contribution in [0.3, 0.4) is 0 Å². The second kappa shape index (κ2) is 6.70. The number of nitrogens with two attached hydrogens (primary N) is 1. The smallest absolute Gasteiger partial charge is 0.306 e. The van der Waals surface area contributed by atoms with Gasteiger partial charge in [-0.1, -0.05) is 13.8 Å². The third-order valence-corrected chi connectivity index (χ3v) is 3.64. The molecule has 1 rings (SSSR count). The highest BCUT2D eigenvalue weighted by atomic mass is 16.4. The number of carbonyl (C=O) groups is 2. The van der Waals surface area contributed by atoms with E-state index in [1.165, 1.54) is 0 Å². The van der Waals surface area contributed by atoms with E-state index in [0.29, 0.717) is 25.9 Å². The number of carboxylic acids is 1. The zero-order chi connectivity index (χ0) is 13.7. The van der Waals surface area contributed by atoms with Crippen LogP contribution in [0.5, 0.6) is 0 Å². The van der Waals surface area contributed by atoms with Crippen molar-refractivity contribution in [2.24, 2.45) is 11.7 Å². The van der Waals surface area contributed by atoms with E-state index in [0.717, 1.165) is 13.1 Å². The molecule has 0 bridgehead atoms. The standard InChI is InChI=1S/C12H23N3O3/c1-3-14(4-2)11(10(13)16)15-7-5-9(6-8-15)12(17)18/h9,11H,3-8H2,1-2H3,(H2,13,16)(H,17,18). The third kappa shape index (κ3) is 3.43. The van der Waals surface area contributed by atoms with Gasteiger partial charge in [0.2, 0.25) is 5.91 Å². The normalized spacial score (nSPS) is 19.9. The molecule has 1 aliphatic rings. The van der Waals surface area contributed by atoms with Crippen LogP contribution in [0, 0.1) is 5.92 Å².